The molecule has 2 saturated heterocycles. The SMILES string of the molecule is CC(C)C1CCC(C(C)C)P1c1ccccc1P1C(C(C)C)CC[C@@H]1C(C)C. The number of benzene rings is 1. The fraction of sp³-hybridized carbons (Fsp3) is 0.769. The van der Waals surface area contributed by atoms with E-state index in [-0.39, 0.29) is 15.8 Å². The van der Waals surface area contributed by atoms with Gasteiger partial charge in [0.2, 0.25) is 0 Å². The van der Waals surface area contributed by atoms with Gasteiger partial charge in [0.05, 0.1) is 0 Å². The summed E-state index contributed by atoms with van der Waals surface area (Å²) in [7, 11) is -0.0867. The van der Waals surface area contributed by atoms with Gasteiger partial charge in [-0.05, 0) is 82.6 Å². The summed E-state index contributed by atoms with van der Waals surface area (Å²) in [6, 6.07) is 9.86. The van der Waals surface area contributed by atoms with E-state index in [1.54, 1.807) is 0 Å². The molecule has 1 aromatic rings. The van der Waals surface area contributed by atoms with Gasteiger partial charge in [0.1, 0.15) is 0 Å². The molecule has 2 aliphatic heterocycles. The van der Waals surface area contributed by atoms with Gasteiger partial charge in [0.25, 0.3) is 0 Å². The predicted octanol–water partition coefficient (Wildman–Crippen LogP) is 7.59. The molecule has 0 spiro atoms. The molecule has 3 rings (SSSR count). The van der Waals surface area contributed by atoms with Crippen LogP contribution < -0.4 is 10.6 Å². The summed E-state index contributed by atoms with van der Waals surface area (Å²) in [5.41, 5.74) is 3.71. The largest absolute Gasteiger partial charge is 0.0677 e. The quantitative estimate of drug-likeness (QED) is 0.418. The highest BCUT2D eigenvalue weighted by molar-refractivity contribution is 7.73. The Kier molecular flexibility index (Phi) is 7.70. The van der Waals surface area contributed by atoms with E-state index in [0.29, 0.717) is 0 Å². The lowest BCUT2D eigenvalue weighted by Gasteiger charge is -2.37. The van der Waals surface area contributed by atoms with Crippen molar-refractivity contribution in [3.05, 3.63) is 24.3 Å². The highest BCUT2D eigenvalue weighted by Gasteiger charge is 2.44. The normalized spacial score (nSPS) is 33.7. The van der Waals surface area contributed by atoms with E-state index >= 15 is 0 Å². The minimum Gasteiger partial charge on any atom is -0.0677 e. The third-order valence-corrected chi connectivity index (χ3v) is 15.8. The van der Waals surface area contributed by atoms with Crippen LogP contribution >= 0.6 is 15.8 Å². The first kappa shape index (κ1) is 22.8. The van der Waals surface area contributed by atoms with Crippen LogP contribution in [-0.4, -0.2) is 22.6 Å². The van der Waals surface area contributed by atoms with Gasteiger partial charge in [0, 0.05) is 0 Å². The van der Waals surface area contributed by atoms with Gasteiger partial charge >= 0.3 is 0 Å². The Morgan fingerprint density at radius 3 is 1.00 bits per heavy atom. The lowest BCUT2D eigenvalue weighted by Crippen LogP contribution is -2.34. The van der Waals surface area contributed by atoms with Crippen LogP contribution in [0.1, 0.15) is 81.1 Å². The maximum atomic E-state index is 2.58. The van der Waals surface area contributed by atoms with E-state index in [9.17, 15) is 0 Å². The average Bonchev–Trinajstić information content (AvgIpc) is 3.26. The highest BCUT2D eigenvalue weighted by Crippen LogP contribution is 2.63. The highest BCUT2D eigenvalue weighted by atomic mass is 31.1. The third kappa shape index (κ3) is 4.40. The zero-order valence-corrected chi connectivity index (χ0v) is 21.4. The van der Waals surface area contributed by atoms with Crippen molar-refractivity contribution in [1.82, 2.24) is 0 Å². The average molecular weight is 419 g/mol. The van der Waals surface area contributed by atoms with Crippen LogP contribution in [0.4, 0.5) is 0 Å². The van der Waals surface area contributed by atoms with Gasteiger partial charge in [-0.2, -0.15) is 0 Å². The monoisotopic (exact) mass is 418 g/mol. The molecule has 0 aliphatic carbocycles. The first-order valence-corrected chi connectivity index (χ1v) is 14.9. The van der Waals surface area contributed by atoms with E-state index < -0.39 is 0 Å². The second kappa shape index (κ2) is 9.48. The van der Waals surface area contributed by atoms with Crippen molar-refractivity contribution in [3.8, 4) is 0 Å². The summed E-state index contributed by atoms with van der Waals surface area (Å²) < 4.78 is 0. The number of hydrogen-bond acceptors (Lipinski definition) is 0. The van der Waals surface area contributed by atoms with Crippen LogP contribution in [0.3, 0.4) is 0 Å². The maximum Gasteiger partial charge on any atom is -0.0143 e. The Morgan fingerprint density at radius 2 is 0.786 bits per heavy atom. The molecule has 0 saturated carbocycles. The van der Waals surface area contributed by atoms with Crippen LogP contribution in [0, 0.1) is 23.7 Å². The second-order valence-corrected chi connectivity index (χ2v) is 15.9. The van der Waals surface area contributed by atoms with Crippen molar-refractivity contribution in [2.24, 2.45) is 23.7 Å². The van der Waals surface area contributed by atoms with Crippen molar-refractivity contribution in [1.29, 1.82) is 0 Å². The molecule has 2 heterocycles. The minimum atomic E-state index is -0.0433. The van der Waals surface area contributed by atoms with Gasteiger partial charge < -0.3 is 0 Å². The van der Waals surface area contributed by atoms with Gasteiger partial charge in [-0.1, -0.05) is 95.5 Å². The molecule has 28 heavy (non-hydrogen) atoms. The van der Waals surface area contributed by atoms with Crippen LogP contribution in [0.15, 0.2) is 24.3 Å². The molecule has 0 aromatic heterocycles. The van der Waals surface area contributed by atoms with E-state index in [1.807, 2.05) is 10.6 Å². The first-order chi connectivity index (χ1) is 13.2. The summed E-state index contributed by atoms with van der Waals surface area (Å²) in [6.45, 7) is 19.9. The molecule has 4 unspecified atom stereocenters. The van der Waals surface area contributed by atoms with E-state index in [4.69, 9.17) is 0 Å². The summed E-state index contributed by atoms with van der Waals surface area (Å²) >= 11 is 0. The maximum absolute atomic E-state index is 2.58. The summed E-state index contributed by atoms with van der Waals surface area (Å²) in [5, 5.41) is 3.66. The van der Waals surface area contributed by atoms with Gasteiger partial charge in [-0.25, -0.2) is 0 Å². The smallest absolute Gasteiger partial charge is 0.0143 e. The van der Waals surface area contributed by atoms with E-state index in [0.717, 1.165) is 46.3 Å². The van der Waals surface area contributed by atoms with Crippen LogP contribution in [0.25, 0.3) is 0 Å². The van der Waals surface area contributed by atoms with Crippen molar-refractivity contribution in [2.45, 2.75) is 104 Å². The Bertz CT molecular complexity index is 546. The molecule has 2 fully saturated rings. The molecular weight excluding hydrogens is 374 g/mol. The summed E-state index contributed by atoms with van der Waals surface area (Å²) in [4.78, 5) is 0. The second-order valence-electron chi connectivity index (χ2n) is 10.7. The fourth-order valence-corrected chi connectivity index (χ4v) is 14.5. The molecular formula is C26H44P2. The molecule has 0 amide bonds. The topological polar surface area (TPSA) is 0 Å². The van der Waals surface area contributed by atoms with Crippen molar-refractivity contribution < 1.29 is 0 Å². The zero-order chi connectivity index (χ0) is 20.6. The molecule has 2 aliphatic rings. The van der Waals surface area contributed by atoms with Crippen LogP contribution in [0.2, 0.25) is 0 Å². The Morgan fingerprint density at radius 1 is 0.536 bits per heavy atom. The zero-order valence-electron chi connectivity index (χ0n) is 19.7. The molecule has 0 bridgehead atoms. The van der Waals surface area contributed by atoms with Crippen LogP contribution in [-0.2, 0) is 0 Å². The van der Waals surface area contributed by atoms with E-state index in [2.05, 4.69) is 79.7 Å². The van der Waals surface area contributed by atoms with Crippen molar-refractivity contribution in [3.63, 3.8) is 0 Å². The lowest BCUT2D eigenvalue weighted by atomic mass is 10.0. The molecule has 1 aromatic carbocycles. The minimum absolute atomic E-state index is 0.0433. The predicted molar refractivity (Wildman–Crippen MR) is 133 cm³/mol. The molecule has 0 radical (unpaired) electrons. The van der Waals surface area contributed by atoms with Gasteiger partial charge in [-0.15, -0.1) is 0 Å². The fourth-order valence-electron chi connectivity index (χ4n) is 5.96. The van der Waals surface area contributed by atoms with Crippen molar-refractivity contribution >= 4 is 26.5 Å². The summed E-state index contributed by atoms with van der Waals surface area (Å²) in [6.07, 6.45) is 5.83. The third-order valence-electron chi connectivity index (χ3n) is 7.46. The van der Waals surface area contributed by atoms with Gasteiger partial charge in [-0.3, -0.25) is 0 Å². The Hall–Kier alpha value is 0.0800. The molecule has 2 heteroatoms. The lowest BCUT2D eigenvalue weighted by molar-refractivity contribution is 0.543. The molecule has 158 valence electrons. The standard InChI is InChI=1S/C26H44P2/c1-17(2)21-13-14-22(18(3)4)27(21)25-11-9-10-12-26(25)28-23(19(5)6)15-16-24(28)20(7)8/h9-12,17-24H,13-16H2,1-8H3/t21-,22?,23?,24?,27?,28?/m1/s1. The van der Waals surface area contributed by atoms with Crippen molar-refractivity contribution in [2.75, 3.05) is 0 Å². The number of rotatable bonds is 6. The Balaban J connectivity index is 2.08. The number of hydrogen-bond donors (Lipinski definition) is 0. The molecule has 0 nitrogen and oxygen atoms in total. The molecule has 0 N–H and O–H groups in total. The summed E-state index contributed by atoms with van der Waals surface area (Å²) in [5.74, 6) is 3.28. The van der Waals surface area contributed by atoms with E-state index in [1.165, 1.54) is 25.7 Å². The van der Waals surface area contributed by atoms with Crippen LogP contribution in [0.5, 0.6) is 0 Å². The first-order valence-electron chi connectivity index (χ1n) is 11.9. The molecule has 5 atom stereocenters. The van der Waals surface area contributed by atoms with Gasteiger partial charge in [0.15, 0.2) is 0 Å². The Labute approximate surface area is 178 Å².